The molecule has 0 unspecified atom stereocenters. The number of likely N-dealkylation sites (N-methyl/N-ethyl adjacent to an activating group) is 1. The molecular weight excluding hydrogens is 302 g/mol. The molecular formula is C18H25N5O. The molecule has 0 saturated heterocycles. The maximum Gasteiger partial charge on any atom is 0.275 e. The van der Waals surface area contributed by atoms with Crippen molar-refractivity contribution in [2.75, 3.05) is 33.7 Å². The Morgan fingerprint density at radius 1 is 1.21 bits per heavy atom. The maximum atomic E-state index is 13.1. The van der Waals surface area contributed by atoms with Gasteiger partial charge in [0.1, 0.15) is 0 Å². The minimum Gasteiger partial charge on any atom is -0.332 e. The van der Waals surface area contributed by atoms with Crippen LogP contribution in [0, 0.1) is 0 Å². The Kier molecular flexibility index (Phi) is 5.27. The van der Waals surface area contributed by atoms with Gasteiger partial charge in [0.05, 0.1) is 0 Å². The standard InChI is InChI=1S/C18H25N5O/c1-22(2)10-11-23(13-14-6-4-3-5-7-14)18(24)17-15-12-19-9-8-16(15)20-21-17/h3-7,19H,8-13H2,1-2H3,(H,20,21). The molecule has 0 aliphatic carbocycles. The van der Waals surface area contributed by atoms with Crippen molar-refractivity contribution in [2.45, 2.75) is 19.5 Å². The van der Waals surface area contributed by atoms with Gasteiger partial charge in [0.25, 0.3) is 5.91 Å². The molecule has 0 bridgehead atoms. The highest BCUT2D eigenvalue weighted by molar-refractivity contribution is 5.94. The Balaban J connectivity index is 1.81. The quantitative estimate of drug-likeness (QED) is 0.838. The summed E-state index contributed by atoms with van der Waals surface area (Å²) in [7, 11) is 4.04. The Hall–Kier alpha value is -2.18. The van der Waals surface area contributed by atoms with Crippen LogP contribution in [0.5, 0.6) is 0 Å². The molecule has 1 aliphatic heterocycles. The molecule has 0 saturated carbocycles. The van der Waals surface area contributed by atoms with Crippen LogP contribution in [0.1, 0.15) is 27.3 Å². The van der Waals surface area contributed by atoms with E-state index in [4.69, 9.17) is 0 Å². The monoisotopic (exact) mass is 327 g/mol. The van der Waals surface area contributed by atoms with Crippen molar-refractivity contribution >= 4 is 5.91 Å². The van der Waals surface area contributed by atoms with E-state index < -0.39 is 0 Å². The van der Waals surface area contributed by atoms with Gasteiger partial charge in [-0.25, -0.2) is 0 Å². The third-order valence-corrected chi connectivity index (χ3v) is 4.33. The van der Waals surface area contributed by atoms with Crippen LogP contribution in [0.25, 0.3) is 0 Å². The molecule has 2 heterocycles. The third-order valence-electron chi connectivity index (χ3n) is 4.33. The molecule has 0 atom stereocenters. The Morgan fingerprint density at radius 3 is 2.75 bits per heavy atom. The first kappa shape index (κ1) is 16.7. The van der Waals surface area contributed by atoms with Gasteiger partial charge in [0.15, 0.2) is 5.69 Å². The number of nitrogens with zero attached hydrogens (tertiary/aromatic N) is 3. The molecule has 2 N–H and O–H groups in total. The molecule has 1 aliphatic rings. The number of carbonyl (C=O) groups is 1. The molecule has 0 fully saturated rings. The third kappa shape index (κ3) is 3.83. The van der Waals surface area contributed by atoms with Crippen LogP contribution in [0.3, 0.4) is 0 Å². The highest BCUT2D eigenvalue weighted by Gasteiger charge is 2.25. The molecule has 1 aromatic carbocycles. The summed E-state index contributed by atoms with van der Waals surface area (Å²) in [5.74, 6) is 0.00176. The van der Waals surface area contributed by atoms with E-state index in [2.05, 4.69) is 32.5 Å². The van der Waals surface area contributed by atoms with E-state index in [-0.39, 0.29) is 5.91 Å². The minimum absolute atomic E-state index is 0.00176. The Labute approximate surface area is 142 Å². The molecule has 6 nitrogen and oxygen atoms in total. The van der Waals surface area contributed by atoms with Gasteiger partial charge < -0.3 is 15.1 Å². The Bertz CT molecular complexity index is 680. The van der Waals surface area contributed by atoms with Crippen molar-refractivity contribution in [3.63, 3.8) is 0 Å². The molecule has 1 aromatic heterocycles. The number of carbonyl (C=O) groups excluding carboxylic acids is 1. The lowest BCUT2D eigenvalue weighted by atomic mass is 10.1. The number of aromatic nitrogens is 2. The number of aromatic amines is 1. The van der Waals surface area contributed by atoms with Gasteiger partial charge in [-0.15, -0.1) is 0 Å². The molecule has 2 aromatic rings. The molecule has 3 rings (SSSR count). The van der Waals surface area contributed by atoms with Crippen molar-refractivity contribution in [3.8, 4) is 0 Å². The van der Waals surface area contributed by atoms with E-state index in [1.54, 1.807) is 0 Å². The minimum atomic E-state index is 0.00176. The van der Waals surface area contributed by atoms with Gasteiger partial charge >= 0.3 is 0 Å². The second-order valence-electron chi connectivity index (χ2n) is 6.47. The smallest absolute Gasteiger partial charge is 0.275 e. The first-order chi connectivity index (χ1) is 11.6. The maximum absolute atomic E-state index is 13.1. The lowest BCUT2D eigenvalue weighted by Gasteiger charge is -2.24. The average molecular weight is 327 g/mol. The predicted molar refractivity (Wildman–Crippen MR) is 93.7 cm³/mol. The van der Waals surface area contributed by atoms with E-state index in [9.17, 15) is 4.79 Å². The lowest BCUT2D eigenvalue weighted by Crippen LogP contribution is -2.37. The summed E-state index contributed by atoms with van der Waals surface area (Å²) in [6.07, 6.45) is 0.895. The van der Waals surface area contributed by atoms with E-state index in [1.807, 2.05) is 37.2 Å². The van der Waals surface area contributed by atoms with E-state index in [0.29, 0.717) is 25.3 Å². The van der Waals surface area contributed by atoms with E-state index in [0.717, 1.165) is 36.3 Å². The second-order valence-corrected chi connectivity index (χ2v) is 6.47. The van der Waals surface area contributed by atoms with Crippen LogP contribution in [0.2, 0.25) is 0 Å². The van der Waals surface area contributed by atoms with Gasteiger partial charge in [-0.2, -0.15) is 5.10 Å². The van der Waals surface area contributed by atoms with Crippen LogP contribution in [-0.4, -0.2) is 59.6 Å². The molecule has 0 radical (unpaired) electrons. The number of nitrogens with one attached hydrogen (secondary N) is 2. The van der Waals surface area contributed by atoms with Gasteiger partial charge in [-0.05, 0) is 19.7 Å². The lowest BCUT2D eigenvalue weighted by molar-refractivity contribution is 0.0724. The second kappa shape index (κ2) is 7.59. The summed E-state index contributed by atoms with van der Waals surface area (Å²) in [4.78, 5) is 17.1. The van der Waals surface area contributed by atoms with Crippen molar-refractivity contribution in [2.24, 2.45) is 0 Å². The van der Waals surface area contributed by atoms with E-state index in [1.165, 1.54) is 0 Å². The summed E-state index contributed by atoms with van der Waals surface area (Å²) in [6.45, 7) is 3.73. The highest BCUT2D eigenvalue weighted by Crippen LogP contribution is 2.18. The normalized spacial score (nSPS) is 13.8. The number of fused-ring (bicyclic) bond motifs is 1. The van der Waals surface area contributed by atoms with Gasteiger partial charge in [0, 0.05) is 50.4 Å². The summed E-state index contributed by atoms with van der Waals surface area (Å²) >= 11 is 0. The Morgan fingerprint density at radius 2 is 2.00 bits per heavy atom. The van der Waals surface area contributed by atoms with Crippen LogP contribution in [0.4, 0.5) is 0 Å². The van der Waals surface area contributed by atoms with Crippen molar-refractivity contribution in [1.82, 2.24) is 25.3 Å². The summed E-state index contributed by atoms with van der Waals surface area (Å²) in [5, 5.41) is 10.7. The number of hydrogen-bond donors (Lipinski definition) is 2. The first-order valence-corrected chi connectivity index (χ1v) is 8.40. The van der Waals surface area contributed by atoms with Crippen molar-refractivity contribution in [1.29, 1.82) is 0 Å². The molecule has 128 valence electrons. The number of rotatable bonds is 6. The number of H-pyrrole nitrogens is 1. The average Bonchev–Trinajstić information content (AvgIpc) is 3.03. The zero-order valence-electron chi connectivity index (χ0n) is 14.4. The van der Waals surface area contributed by atoms with Gasteiger partial charge in [-0.3, -0.25) is 9.89 Å². The number of benzene rings is 1. The summed E-state index contributed by atoms with van der Waals surface area (Å²) in [6, 6.07) is 10.1. The molecule has 6 heteroatoms. The van der Waals surface area contributed by atoms with Crippen LogP contribution in [0.15, 0.2) is 30.3 Å². The first-order valence-electron chi connectivity index (χ1n) is 8.40. The molecule has 24 heavy (non-hydrogen) atoms. The largest absolute Gasteiger partial charge is 0.332 e. The summed E-state index contributed by atoms with van der Waals surface area (Å²) < 4.78 is 0. The highest BCUT2D eigenvalue weighted by atomic mass is 16.2. The molecule has 1 amide bonds. The predicted octanol–water partition coefficient (Wildman–Crippen LogP) is 1.26. The fourth-order valence-corrected chi connectivity index (χ4v) is 2.93. The SMILES string of the molecule is CN(C)CCN(Cc1ccccc1)C(=O)c1n[nH]c2c1CNCC2. The van der Waals surface area contributed by atoms with Gasteiger partial charge in [-0.1, -0.05) is 30.3 Å². The molecule has 0 spiro atoms. The number of amides is 1. The summed E-state index contributed by atoms with van der Waals surface area (Å²) in [5.41, 5.74) is 3.80. The zero-order chi connectivity index (χ0) is 16.9. The zero-order valence-corrected chi connectivity index (χ0v) is 14.4. The van der Waals surface area contributed by atoms with Crippen LogP contribution in [-0.2, 0) is 19.5 Å². The van der Waals surface area contributed by atoms with E-state index >= 15 is 0 Å². The number of hydrogen-bond acceptors (Lipinski definition) is 4. The fraction of sp³-hybridized carbons (Fsp3) is 0.444. The fourth-order valence-electron chi connectivity index (χ4n) is 2.93. The van der Waals surface area contributed by atoms with Crippen molar-refractivity contribution in [3.05, 3.63) is 52.8 Å². The van der Waals surface area contributed by atoms with Crippen LogP contribution >= 0.6 is 0 Å². The van der Waals surface area contributed by atoms with Gasteiger partial charge in [0.2, 0.25) is 0 Å². The van der Waals surface area contributed by atoms with Crippen molar-refractivity contribution < 1.29 is 4.79 Å². The topological polar surface area (TPSA) is 64.3 Å². The van der Waals surface area contributed by atoms with Crippen LogP contribution < -0.4 is 5.32 Å².